The van der Waals surface area contributed by atoms with E-state index in [0.717, 1.165) is 44.7 Å². The lowest BCUT2D eigenvalue weighted by Gasteiger charge is -2.27. The van der Waals surface area contributed by atoms with E-state index in [4.69, 9.17) is 4.74 Å². The van der Waals surface area contributed by atoms with E-state index in [0.29, 0.717) is 6.04 Å². The quantitative estimate of drug-likeness (QED) is 0.560. The molecular weight excluding hydrogens is 336 g/mol. The van der Waals surface area contributed by atoms with Crippen LogP contribution < -0.4 is 5.32 Å². The second-order valence-corrected chi connectivity index (χ2v) is 7.94. The minimum Gasteiger partial charge on any atom is -0.381 e. The van der Waals surface area contributed by atoms with Gasteiger partial charge in [-0.1, -0.05) is 24.3 Å². The van der Waals surface area contributed by atoms with Crippen molar-refractivity contribution in [2.75, 3.05) is 40.9 Å². The minimum atomic E-state index is 0.537. The van der Waals surface area contributed by atoms with Crippen molar-refractivity contribution in [1.29, 1.82) is 0 Å². The number of nitrogens with zero attached hydrogens (tertiary/aromatic N) is 3. The van der Waals surface area contributed by atoms with E-state index >= 15 is 0 Å². The summed E-state index contributed by atoms with van der Waals surface area (Å²) in [5.41, 5.74) is 2.71. The van der Waals surface area contributed by atoms with E-state index in [1.54, 1.807) is 0 Å². The number of hydrogen-bond donors (Lipinski definition) is 1. The minimum absolute atomic E-state index is 0.537. The van der Waals surface area contributed by atoms with Crippen LogP contribution in [0.5, 0.6) is 0 Å². The monoisotopic (exact) mass is 374 g/mol. The molecule has 27 heavy (non-hydrogen) atoms. The molecule has 1 aromatic carbocycles. The molecule has 152 valence electrons. The molecule has 1 heterocycles. The van der Waals surface area contributed by atoms with Crippen LogP contribution >= 0.6 is 0 Å². The lowest BCUT2D eigenvalue weighted by molar-refractivity contribution is 0.0625. The fourth-order valence-corrected chi connectivity index (χ4v) is 3.41. The van der Waals surface area contributed by atoms with E-state index in [1.165, 1.54) is 30.4 Å². The van der Waals surface area contributed by atoms with Crippen molar-refractivity contribution in [3.8, 4) is 0 Å². The fraction of sp³-hybridized carbons (Fsp3) is 0.682. The van der Waals surface area contributed by atoms with Crippen LogP contribution in [0.2, 0.25) is 0 Å². The standard InChI is InChI=1S/C22H38N4O/c1-18(2)26(5)17-21-9-7-6-8-20(21)16-24-22(23-3)25(4)13-10-19-11-14-27-15-12-19/h6-9,18-19H,10-17H2,1-5H3,(H,23,24). The van der Waals surface area contributed by atoms with Crippen molar-refractivity contribution < 1.29 is 4.74 Å². The van der Waals surface area contributed by atoms with Gasteiger partial charge in [0.1, 0.15) is 0 Å². The number of hydrogen-bond acceptors (Lipinski definition) is 3. The molecule has 1 saturated heterocycles. The fourth-order valence-electron chi connectivity index (χ4n) is 3.41. The molecule has 1 aromatic rings. The molecule has 1 aliphatic rings. The van der Waals surface area contributed by atoms with Crippen molar-refractivity contribution in [2.24, 2.45) is 10.9 Å². The van der Waals surface area contributed by atoms with E-state index in [9.17, 15) is 0 Å². The first-order valence-corrected chi connectivity index (χ1v) is 10.3. The summed E-state index contributed by atoms with van der Waals surface area (Å²) >= 11 is 0. The SMILES string of the molecule is CN=C(NCc1ccccc1CN(C)C(C)C)N(C)CCC1CCOCC1. The summed E-state index contributed by atoms with van der Waals surface area (Å²) in [6, 6.07) is 9.23. The van der Waals surface area contributed by atoms with Crippen molar-refractivity contribution in [1.82, 2.24) is 15.1 Å². The summed E-state index contributed by atoms with van der Waals surface area (Å²) in [6.45, 7) is 9.10. The Bertz CT molecular complexity index is 581. The molecule has 0 aliphatic carbocycles. The number of guanidine groups is 1. The molecule has 0 amide bonds. The first kappa shape index (κ1) is 21.7. The second-order valence-electron chi connectivity index (χ2n) is 7.94. The number of rotatable bonds is 8. The van der Waals surface area contributed by atoms with Gasteiger partial charge in [-0.25, -0.2) is 0 Å². The summed E-state index contributed by atoms with van der Waals surface area (Å²) in [6.07, 6.45) is 3.59. The topological polar surface area (TPSA) is 40.1 Å². The number of benzene rings is 1. The highest BCUT2D eigenvalue weighted by atomic mass is 16.5. The van der Waals surface area contributed by atoms with Crippen LogP contribution in [-0.2, 0) is 17.8 Å². The van der Waals surface area contributed by atoms with Crippen molar-refractivity contribution in [3.63, 3.8) is 0 Å². The molecule has 5 nitrogen and oxygen atoms in total. The Morgan fingerprint density at radius 2 is 1.85 bits per heavy atom. The Hall–Kier alpha value is -1.59. The van der Waals surface area contributed by atoms with E-state index < -0.39 is 0 Å². The van der Waals surface area contributed by atoms with Gasteiger partial charge < -0.3 is 15.0 Å². The van der Waals surface area contributed by atoms with Gasteiger partial charge in [-0.15, -0.1) is 0 Å². The Labute approximate surface area is 165 Å². The molecule has 0 aromatic heterocycles. The largest absolute Gasteiger partial charge is 0.381 e. The molecule has 1 N–H and O–H groups in total. The van der Waals surface area contributed by atoms with Crippen LogP contribution in [0.1, 0.15) is 44.2 Å². The molecule has 2 rings (SSSR count). The normalized spacial score (nSPS) is 16.2. The zero-order valence-corrected chi connectivity index (χ0v) is 17.9. The van der Waals surface area contributed by atoms with Gasteiger partial charge in [0.2, 0.25) is 0 Å². The summed E-state index contributed by atoms with van der Waals surface area (Å²) in [4.78, 5) is 9.10. The Morgan fingerprint density at radius 1 is 1.19 bits per heavy atom. The molecule has 0 atom stereocenters. The Morgan fingerprint density at radius 3 is 2.48 bits per heavy atom. The van der Waals surface area contributed by atoms with Gasteiger partial charge in [0, 0.05) is 53.0 Å². The summed E-state index contributed by atoms with van der Waals surface area (Å²) < 4.78 is 5.46. The summed E-state index contributed by atoms with van der Waals surface area (Å²) in [7, 11) is 6.18. The molecule has 0 bridgehead atoms. The van der Waals surface area contributed by atoms with Crippen LogP contribution in [-0.4, -0.2) is 62.7 Å². The molecule has 1 fully saturated rings. The van der Waals surface area contributed by atoms with Gasteiger partial charge in [0.05, 0.1) is 0 Å². The van der Waals surface area contributed by atoms with Crippen molar-refractivity contribution in [3.05, 3.63) is 35.4 Å². The maximum atomic E-state index is 5.46. The second kappa shape index (κ2) is 11.3. The van der Waals surface area contributed by atoms with Gasteiger partial charge in [-0.2, -0.15) is 0 Å². The Kier molecular flexibility index (Phi) is 9.08. The van der Waals surface area contributed by atoms with Gasteiger partial charge in [0.15, 0.2) is 5.96 Å². The first-order valence-electron chi connectivity index (χ1n) is 10.3. The van der Waals surface area contributed by atoms with Gasteiger partial charge in [-0.05, 0) is 57.2 Å². The van der Waals surface area contributed by atoms with E-state index in [1.807, 2.05) is 7.05 Å². The Balaban J connectivity index is 1.87. The van der Waals surface area contributed by atoms with Crippen LogP contribution in [0.3, 0.4) is 0 Å². The number of aliphatic imine (C=N–C) groups is 1. The lowest BCUT2D eigenvalue weighted by atomic mass is 9.96. The molecule has 0 spiro atoms. The number of nitrogens with one attached hydrogen (secondary N) is 1. The maximum Gasteiger partial charge on any atom is 0.193 e. The number of ether oxygens (including phenoxy) is 1. The third-order valence-corrected chi connectivity index (χ3v) is 5.64. The highest BCUT2D eigenvalue weighted by molar-refractivity contribution is 5.79. The van der Waals surface area contributed by atoms with Gasteiger partial charge in [-0.3, -0.25) is 9.89 Å². The summed E-state index contributed by atoms with van der Waals surface area (Å²) in [5.74, 6) is 1.75. The third-order valence-electron chi connectivity index (χ3n) is 5.64. The van der Waals surface area contributed by atoms with Gasteiger partial charge >= 0.3 is 0 Å². The van der Waals surface area contributed by atoms with Crippen LogP contribution in [0.15, 0.2) is 29.3 Å². The zero-order chi connectivity index (χ0) is 19.6. The van der Waals surface area contributed by atoms with E-state index in [-0.39, 0.29) is 0 Å². The highest BCUT2D eigenvalue weighted by Gasteiger charge is 2.15. The molecule has 1 aliphatic heterocycles. The van der Waals surface area contributed by atoms with E-state index in [2.05, 4.69) is 72.3 Å². The molecule has 0 unspecified atom stereocenters. The molecular formula is C22H38N4O. The first-order chi connectivity index (χ1) is 13.0. The average molecular weight is 375 g/mol. The van der Waals surface area contributed by atoms with Crippen LogP contribution in [0.4, 0.5) is 0 Å². The highest BCUT2D eigenvalue weighted by Crippen LogP contribution is 2.18. The molecule has 5 heteroatoms. The summed E-state index contributed by atoms with van der Waals surface area (Å²) in [5, 5.41) is 3.55. The molecule has 0 saturated carbocycles. The van der Waals surface area contributed by atoms with Crippen LogP contribution in [0, 0.1) is 5.92 Å². The van der Waals surface area contributed by atoms with Crippen LogP contribution in [0.25, 0.3) is 0 Å². The van der Waals surface area contributed by atoms with Crippen molar-refractivity contribution >= 4 is 5.96 Å². The average Bonchev–Trinajstić information content (AvgIpc) is 2.68. The zero-order valence-electron chi connectivity index (χ0n) is 17.9. The van der Waals surface area contributed by atoms with Crippen molar-refractivity contribution in [2.45, 2.75) is 52.2 Å². The van der Waals surface area contributed by atoms with Gasteiger partial charge in [0.25, 0.3) is 0 Å². The lowest BCUT2D eigenvalue weighted by Crippen LogP contribution is -2.40. The third kappa shape index (κ3) is 7.15. The predicted molar refractivity (Wildman–Crippen MR) is 114 cm³/mol. The smallest absolute Gasteiger partial charge is 0.193 e. The maximum absolute atomic E-state index is 5.46. The predicted octanol–water partition coefficient (Wildman–Crippen LogP) is 3.35. The molecule has 0 radical (unpaired) electrons.